The Balaban J connectivity index is 1.15. The van der Waals surface area contributed by atoms with Gasteiger partial charge in [0.15, 0.2) is 0 Å². The topological polar surface area (TPSA) is 79.4 Å². The maximum atomic E-state index is 15.8. The first-order chi connectivity index (χ1) is 24.1. The molecule has 3 saturated heterocycles. The average molecular weight is 725 g/mol. The van der Waals surface area contributed by atoms with Crippen LogP contribution in [0, 0.1) is 17.0 Å². The third-order valence-corrected chi connectivity index (χ3v) is 12.3. The van der Waals surface area contributed by atoms with Crippen molar-refractivity contribution in [2.45, 2.75) is 95.9 Å². The van der Waals surface area contributed by atoms with E-state index < -0.39 is 22.3 Å². The fourth-order valence-electron chi connectivity index (χ4n) is 7.81. The second-order valence-electron chi connectivity index (χ2n) is 16.6. The van der Waals surface area contributed by atoms with E-state index in [1.165, 1.54) is 17.8 Å². The van der Waals surface area contributed by atoms with Gasteiger partial charge in [0.2, 0.25) is 11.8 Å². The number of nitrogens with one attached hydrogen (secondary N) is 1. The summed E-state index contributed by atoms with van der Waals surface area (Å²) in [4.78, 5) is 50.8. The first-order valence-corrected chi connectivity index (χ1v) is 19.4. The first kappa shape index (κ1) is 37.4. The number of urea groups is 1. The van der Waals surface area contributed by atoms with Gasteiger partial charge in [-0.3, -0.25) is 14.5 Å². The highest BCUT2D eigenvalue weighted by molar-refractivity contribution is 8.01. The molecule has 278 valence electrons. The van der Waals surface area contributed by atoms with Crippen LogP contribution in [0.5, 0.6) is 0 Å². The maximum absolute atomic E-state index is 15.8. The quantitative estimate of drug-likeness (QED) is 0.341. The molecule has 1 unspecified atom stereocenters. The summed E-state index contributed by atoms with van der Waals surface area (Å²) in [5, 5.41) is 1.77. The van der Waals surface area contributed by atoms with Gasteiger partial charge in [-0.1, -0.05) is 39.0 Å². The number of para-hydroxylation sites is 1. The van der Waals surface area contributed by atoms with Crippen LogP contribution in [0.1, 0.15) is 83.7 Å². The highest BCUT2D eigenvalue weighted by Crippen LogP contribution is 2.49. The van der Waals surface area contributed by atoms with Crippen LogP contribution >= 0.6 is 11.8 Å². The van der Waals surface area contributed by atoms with E-state index in [-0.39, 0.29) is 41.3 Å². The Morgan fingerprint density at radius 3 is 2.27 bits per heavy atom. The summed E-state index contributed by atoms with van der Waals surface area (Å²) >= 11 is 1.34. The van der Waals surface area contributed by atoms with Crippen molar-refractivity contribution >= 4 is 41.0 Å². The van der Waals surface area contributed by atoms with Crippen molar-refractivity contribution in [2.75, 3.05) is 62.6 Å². The number of carbonyl (C=O) groups excluding carboxylic acids is 3. The molecule has 51 heavy (non-hydrogen) atoms. The summed E-state index contributed by atoms with van der Waals surface area (Å²) in [5.74, 6) is -1.56. The van der Waals surface area contributed by atoms with E-state index in [1.54, 1.807) is 4.90 Å². The molecule has 4 heterocycles. The van der Waals surface area contributed by atoms with Crippen molar-refractivity contribution in [2.24, 2.45) is 5.41 Å². The smallest absolute Gasteiger partial charge is 0.322 e. The van der Waals surface area contributed by atoms with Gasteiger partial charge in [0.25, 0.3) is 0 Å². The number of anilines is 2. The lowest BCUT2D eigenvalue weighted by Gasteiger charge is -2.44. The number of hydrogen-bond donors (Lipinski definition) is 1. The standard InChI is InChI=1S/C39H54F2N6O3S/c1-38(2,3)14-18-47-35(49)32(51-36(47)29-23-27(40)24-30(41)34(29)44-19-21-45(22-20-44)39(4,5)6)25-33(48)43-15-12-28(13-16-43)46-17-11-26-9-7-8-10-31(26)42-37(46)50/h7-10,23-24,28,32,36H,11-22,25H2,1-6H3,(H,42,50)/t32-,36?/m0/s1. The van der Waals surface area contributed by atoms with E-state index in [4.69, 9.17) is 0 Å². The average Bonchev–Trinajstić information content (AvgIpc) is 3.26. The van der Waals surface area contributed by atoms with E-state index in [0.717, 1.165) is 36.8 Å². The summed E-state index contributed by atoms with van der Waals surface area (Å²) in [6, 6.07) is 10.1. The van der Waals surface area contributed by atoms with Gasteiger partial charge in [-0.15, -0.1) is 11.8 Å². The van der Waals surface area contributed by atoms with Gasteiger partial charge in [0.05, 0.1) is 10.9 Å². The molecule has 2 atom stereocenters. The number of piperazine rings is 1. The summed E-state index contributed by atoms with van der Waals surface area (Å²) in [6.07, 6.45) is 2.82. The molecule has 2 aromatic rings. The van der Waals surface area contributed by atoms with Crippen molar-refractivity contribution in [3.05, 3.63) is 59.2 Å². The third-order valence-electron chi connectivity index (χ3n) is 10.9. The fourth-order valence-corrected chi connectivity index (χ4v) is 9.29. The van der Waals surface area contributed by atoms with E-state index in [9.17, 15) is 14.4 Å². The Bertz CT molecular complexity index is 1610. The van der Waals surface area contributed by atoms with Crippen LogP contribution in [0.15, 0.2) is 36.4 Å². The number of carbonyl (C=O) groups is 3. The van der Waals surface area contributed by atoms with Crippen LogP contribution in [-0.2, 0) is 16.0 Å². The highest BCUT2D eigenvalue weighted by atomic mass is 32.2. The molecule has 0 saturated carbocycles. The van der Waals surface area contributed by atoms with Crippen LogP contribution < -0.4 is 10.2 Å². The molecule has 1 N–H and O–H groups in total. The number of rotatable bonds is 7. The monoisotopic (exact) mass is 724 g/mol. The van der Waals surface area contributed by atoms with Crippen molar-refractivity contribution in [3.8, 4) is 0 Å². The largest absolute Gasteiger partial charge is 0.366 e. The van der Waals surface area contributed by atoms with Crippen LogP contribution in [0.3, 0.4) is 0 Å². The number of thioether (sulfide) groups is 1. The van der Waals surface area contributed by atoms with Gasteiger partial charge in [0.1, 0.15) is 17.0 Å². The molecule has 0 radical (unpaired) electrons. The molecule has 3 fully saturated rings. The minimum atomic E-state index is -0.673. The second kappa shape index (κ2) is 14.9. The number of benzene rings is 2. The molecular formula is C39H54F2N6O3S. The van der Waals surface area contributed by atoms with E-state index in [2.05, 4.69) is 51.8 Å². The zero-order valence-corrected chi connectivity index (χ0v) is 31.8. The number of amides is 4. The molecule has 6 rings (SSSR count). The lowest BCUT2D eigenvalue weighted by molar-refractivity contribution is -0.137. The predicted octanol–water partition coefficient (Wildman–Crippen LogP) is 6.74. The van der Waals surface area contributed by atoms with E-state index in [0.29, 0.717) is 69.8 Å². The zero-order chi connectivity index (χ0) is 36.7. The van der Waals surface area contributed by atoms with Gasteiger partial charge in [-0.25, -0.2) is 13.6 Å². The molecule has 0 spiro atoms. The number of nitrogens with zero attached hydrogens (tertiary/aromatic N) is 5. The second-order valence-corrected chi connectivity index (χ2v) is 17.9. The van der Waals surface area contributed by atoms with Gasteiger partial charge in [-0.05, 0) is 69.6 Å². The molecule has 0 aromatic heterocycles. The molecule has 0 bridgehead atoms. The SMILES string of the molecule is CC(C)(C)CCN1C(=O)[C@H](CC(=O)N2CCC(N3CCc4ccccc4NC3=O)CC2)SC1c1cc(F)cc(F)c1N1CCN(C(C)(C)C)CC1. The number of piperidine rings is 1. The van der Waals surface area contributed by atoms with Crippen molar-refractivity contribution in [3.63, 3.8) is 0 Å². The van der Waals surface area contributed by atoms with Crippen molar-refractivity contribution < 1.29 is 23.2 Å². The predicted molar refractivity (Wildman–Crippen MR) is 200 cm³/mol. The van der Waals surface area contributed by atoms with Crippen molar-refractivity contribution in [1.29, 1.82) is 0 Å². The highest BCUT2D eigenvalue weighted by Gasteiger charge is 2.45. The summed E-state index contributed by atoms with van der Waals surface area (Å²) in [7, 11) is 0. The van der Waals surface area contributed by atoms with Gasteiger partial charge < -0.3 is 24.9 Å². The van der Waals surface area contributed by atoms with E-state index >= 15 is 8.78 Å². The van der Waals surface area contributed by atoms with Crippen LogP contribution in [0.4, 0.5) is 25.0 Å². The molecule has 9 nitrogen and oxygen atoms in total. The Morgan fingerprint density at radius 2 is 1.61 bits per heavy atom. The molecule has 4 aliphatic rings. The number of hydrogen-bond acceptors (Lipinski definition) is 6. The molecule has 0 aliphatic carbocycles. The van der Waals surface area contributed by atoms with Crippen LogP contribution in [-0.4, -0.2) is 107 Å². The molecule has 2 aromatic carbocycles. The molecule has 4 aliphatic heterocycles. The third kappa shape index (κ3) is 8.48. The number of likely N-dealkylation sites (tertiary alicyclic amines) is 1. The molecular weight excluding hydrogens is 671 g/mol. The molecule has 12 heteroatoms. The first-order valence-electron chi connectivity index (χ1n) is 18.5. The maximum Gasteiger partial charge on any atom is 0.322 e. The summed E-state index contributed by atoms with van der Waals surface area (Å²) < 4.78 is 30.8. The minimum absolute atomic E-state index is 0.0169. The lowest BCUT2D eigenvalue weighted by atomic mass is 9.92. The lowest BCUT2D eigenvalue weighted by Crippen LogP contribution is -2.53. The minimum Gasteiger partial charge on any atom is -0.366 e. The van der Waals surface area contributed by atoms with Crippen LogP contribution in [0.2, 0.25) is 0 Å². The Hall–Kier alpha value is -3.38. The number of fused-ring (bicyclic) bond motifs is 1. The summed E-state index contributed by atoms with van der Waals surface area (Å²) in [5.41, 5.74) is 2.69. The van der Waals surface area contributed by atoms with Gasteiger partial charge in [-0.2, -0.15) is 0 Å². The van der Waals surface area contributed by atoms with Crippen LogP contribution in [0.25, 0.3) is 0 Å². The number of halogens is 2. The summed E-state index contributed by atoms with van der Waals surface area (Å²) in [6.45, 7) is 17.5. The normalized spacial score (nSPS) is 22.7. The van der Waals surface area contributed by atoms with Gasteiger partial charge in [0, 0.05) is 87.7 Å². The van der Waals surface area contributed by atoms with Crippen molar-refractivity contribution in [1.82, 2.24) is 19.6 Å². The molecule has 4 amide bonds. The Labute approximate surface area is 306 Å². The Morgan fingerprint density at radius 1 is 0.922 bits per heavy atom. The Kier molecular flexibility index (Phi) is 10.9. The zero-order valence-electron chi connectivity index (χ0n) is 31.0. The van der Waals surface area contributed by atoms with E-state index in [1.807, 2.05) is 39.0 Å². The van der Waals surface area contributed by atoms with Gasteiger partial charge >= 0.3 is 6.03 Å². The fraction of sp³-hybridized carbons (Fsp3) is 0.615.